The van der Waals surface area contributed by atoms with Crippen LogP contribution >= 0.6 is 11.8 Å². The lowest BCUT2D eigenvalue weighted by molar-refractivity contribution is -0.118. The topological polar surface area (TPSA) is 85.8 Å². The molecule has 130 valence electrons. The first-order valence-electron chi connectivity index (χ1n) is 7.94. The smallest absolute Gasteiger partial charge is 0.230 e. The molecule has 0 saturated carbocycles. The number of carbonyl (C=O) groups is 1. The summed E-state index contributed by atoms with van der Waals surface area (Å²) in [6.45, 7) is 8.76. The Hall–Kier alpha value is -2.02. The summed E-state index contributed by atoms with van der Waals surface area (Å²) in [5.74, 6) is 6.94. The van der Waals surface area contributed by atoms with E-state index in [0.717, 1.165) is 6.42 Å². The molecule has 0 bridgehead atoms. The first kappa shape index (κ1) is 18.3. The minimum Gasteiger partial charge on any atom is -0.355 e. The predicted molar refractivity (Wildman–Crippen MR) is 97.5 cm³/mol. The molecule has 1 aromatic heterocycles. The Labute approximate surface area is 147 Å². The summed E-state index contributed by atoms with van der Waals surface area (Å²) in [6, 6.07) is 8.19. The SMILES string of the molecule is Cc1ccccc1CCNC(=O)CSc1nnc(C(C)(C)C)n1N. The molecule has 0 fully saturated rings. The third kappa shape index (κ3) is 4.74. The number of nitrogens with two attached hydrogens (primary N) is 1. The summed E-state index contributed by atoms with van der Waals surface area (Å²) in [5, 5.41) is 11.7. The van der Waals surface area contributed by atoms with Gasteiger partial charge in [0.15, 0.2) is 5.82 Å². The van der Waals surface area contributed by atoms with Gasteiger partial charge in [-0.2, -0.15) is 0 Å². The van der Waals surface area contributed by atoms with Gasteiger partial charge in [-0.05, 0) is 24.5 Å². The highest BCUT2D eigenvalue weighted by Crippen LogP contribution is 2.22. The van der Waals surface area contributed by atoms with Gasteiger partial charge in [-0.1, -0.05) is 56.8 Å². The van der Waals surface area contributed by atoms with E-state index in [-0.39, 0.29) is 17.1 Å². The van der Waals surface area contributed by atoms with E-state index in [9.17, 15) is 4.79 Å². The van der Waals surface area contributed by atoms with Crippen LogP contribution in [-0.2, 0) is 16.6 Å². The van der Waals surface area contributed by atoms with Gasteiger partial charge in [-0.3, -0.25) is 4.79 Å². The lowest BCUT2D eigenvalue weighted by Gasteiger charge is -2.16. The van der Waals surface area contributed by atoms with Gasteiger partial charge < -0.3 is 11.2 Å². The number of aromatic nitrogens is 3. The van der Waals surface area contributed by atoms with Crippen molar-refractivity contribution in [3.05, 3.63) is 41.2 Å². The molecule has 0 aliphatic carbocycles. The summed E-state index contributed by atoms with van der Waals surface area (Å²) in [4.78, 5) is 12.0. The van der Waals surface area contributed by atoms with Gasteiger partial charge in [-0.15, -0.1) is 10.2 Å². The van der Waals surface area contributed by atoms with Crippen LogP contribution in [0.2, 0.25) is 0 Å². The molecule has 0 unspecified atom stereocenters. The summed E-state index contributed by atoms with van der Waals surface area (Å²) in [7, 11) is 0. The van der Waals surface area contributed by atoms with Gasteiger partial charge in [0.2, 0.25) is 11.1 Å². The van der Waals surface area contributed by atoms with Crippen LogP contribution in [0.25, 0.3) is 0 Å². The van der Waals surface area contributed by atoms with Crippen molar-refractivity contribution < 1.29 is 4.79 Å². The van der Waals surface area contributed by atoms with Gasteiger partial charge in [-0.25, -0.2) is 4.68 Å². The van der Waals surface area contributed by atoms with E-state index >= 15 is 0 Å². The van der Waals surface area contributed by atoms with Crippen molar-refractivity contribution in [2.75, 3.05) is 18.1 Å². The van der Waals surface area contributed by atoms with Crippen LogP contribution in [0, 0.1) is 6.92 Å². The zero-order valence-electron chi connectivity index (χ0n) is 14.7. The Morgan fingerprint density at radius 2 is 2.00 bits per heavy atom. The number of thioether (sulfide) groups is 1. The maximum atomic E-state index is 12.0. The standard InChI is InChI=1S/C17H25N5OS/c1-12-7-5-6-8-13(12)9-10-19-14(23)11-24-16-21-20-15(22(16)18)17(2,3)4/h5-8H,9-11,18H2,1-4H3,(H,19,23). The van der Waals surface area contributed by atoms with Gasteiger partial charge in [0.05, 0.1) is 5.75 Å². The molecule has 6 nitrogen and oxygen atoms in total. The van der Waals surface area contributed by atoms with Gasteiger partial charge in [0.25, 0.3) is 0 Å². The van der Waals surface area contributed by atoms with Crippen molar-refractivity contribution in [2.24, 2.45) is 0 Å². The first-order valence-corrected chi connectivity index (χ1v) is 8.92. The number of nitrogen functional groups attached to an aromatic ring is 1. The molecular weight excluding hydrogens is 322 g/mol. The highest BCUT2D eigenvalue weighted by Gasteiger charge is 2.23. The molecule has 3 N–H and O–H groups in total. The Morgan fingerprint density at radius 3 is 2.62 bits per heavy atom. The van der Waals surface area contributed by atoms with E-state index in [1.165, 1.54) is 27.6 Å². The van der Waals surface area contributed by atoms with Crippen molar-refractivity contribution in [3.8, 4) is 0 Å². The molecule has 2 aromatic rings. The highest BCUT2D eigenvalue weighted by atomic mass is 32.2. The second kappa shape index (κ2) is 7.70. The molecule has 24 heavy (non-hydrogen) atoms. The lowest BCUT2D eigenvalue weighted by atomic mass is 9.96. The second-order valence-corrected chi connectivity index (χ2v) is 7.68. The van der Waals surface area contributed by atoms with Crippen molar-refractivity contribution >= 4 is 17.7 Å². The van der Waals surface area contributed by atoms with Crippen LogP contribution in [0.4, 0.5) is 0 Å². The summed E-state index contributed by atoms with van der Waals surface area (Å²) < 4.78 is 1.46. The molecule has 0 saturated heterocycles. The molecule has 1 aromatic carbocycles. The fraction of sp³-hybridized carbons (Fsp3) is 0.471. The number of amides is 1. The van der Waals surface area contributed by atoms with E-state index in [1.807, 2.05) is 32.9 Å². The van der Waals surface area contributed by atoms with E-state index in [2.05, 4.69) is 34.6 Å². The lowest BCUT2D eigenvalue weighted by Crippen LogP contribution is -2.28. The van der Waals surface area contributed by atoms with Crippen LogP contribution < -0.4 is 11.2 Å². The number of hydrogen-bond acceptors (Lipinski definition) is 5. The van der Waals surface area contributed by atoms with Gasteiger partial charge in [0.1, 0.15) is 0 Å². The molecule has 0 aliphatic rings. The molecule has 0 spiro atoms. The Balaban J connectivity index is 1.80. The zero-order chi connectivity index (χ0) is 17.7. The maximum Gasteiger partial charge on any atom is 0.230 e. The summed E-state index contributed by atoms with van der Waals surface area (Å²) >= 11 is 1.29. The summed E-state index contributed by atoms with van der Waals surface area (Å²) in [6.07, 6.45) is 0.824. The van der Waals surface area contributed by atoms with E-state index in [0.29, 0.717) is 17.5 Å². The average molecular weight is 347 g/mol. The number of nitrogens with one attached hydrogen (secondary N) is 1. The second-order valence-electron chi connectivity index (χ2n) is 6.74. The Bertz CT molecular complexity index is 705. The largest absolute Gasteiger partial charge is 0.355 e. The minimum atomic E-state index is -0.184. The average Bonchev–Trinajstić information content (AvgIpc) is 2.88. The number of benzene rings is 1. The third-order valence-corrected chi connectivity index (χ3v) is 4.59. The van der Waals surface area contributed by atoms with Gasteiger partial charge in [0, 0.05) is 12.0 Å². The highest BCUT2D eigenvalue weighted by molar-refractivity contribution is 7.99. The minimum absolute atomic E-state index is 0.0334. The first-order chi connectivity index (χ1) is 11.3. The normalized spacial score (nSPS) is 11.5. The maximum absolute atomic E-state index is 12.0. The van der Waals surface area contributed by atoms with Crippen LogP contribution in [0.5, 0.6) is 0 Å². The number of rotatable bonds is 6. The number of carbonyl (C=O) groups excluding carboxylic acids is 1. The number of hydrogen-bond donors (Lipinski definition) is 2. The van der Waals surface area contributed by atoms with Crippen molar-refractivity contribution in [2.45, 2.75) is 44.7 Å². The number of nitrogens with zero attached hydrogens (tertiary/aromatic N) is 3. The molecule has 2 rings (SSSR count). The third-order valence-electron chi connectivity index (χ3n) is 3.65. The summed E-state index contributed by atoms with van der Waals surface area (Å²) in [5.41, 5.74) is 2.31. The molecule has 0 aliphatic heterocycles. The predicted octanol–water partition coefficient (Wildman–Crippen LogP) is 2.05. The molecule has 0 atom stereocenters. The Kier molecular flexibility index (Phi) is 5.88. The van der Waals surface area contributed by atoms with Gasteiger partial charge >= 0.3 is 0 Å². The van der Waals surface area contributed by atoms with E-state index in [4.69, 9.17) is 5.84 Å². The number of aryl methyl sites for hydroxylation is 1. The quantitative estimate of drug-likeness (QED) is 0.617. The molecule has 1 amide bonds. The molecule has 0 radical (unpaired) electrons. The zero-order valence-corrected chi connectivity index (χ0v) is 15.5. The fourth-order valence-corrected chi connectivity index (χ4v) is 2.98. The fourth-order valence-electron chi connectivity index (χ4n) is 2.30. The van der Waals surface area contributed by atoms with Crippen molar-refractivity contribution in [3.63, 3.8) is 0 Å². The van der Waals surface area contributed by atoms with Crippen LogP contribution in [-0.4, -0.2) is 33.1 Å². The van der Waals surface area contributed by atoms with Crippen molar-refractivity contribution in [1.29, 1.82) is 0 Å². The van der Waals surface area contributed by atoms with E-state index in [1.54, 1.807) is 0 Å². The molecule has 7 heteroatoms. The molecule has 1 heterocycles. The van der Waals surface area contributed by atoms with Crippen LogP contribution in [0.1, 0.15) is 37.7 Å². The van der Waals surface area contributed by atoms with Crippen LogP contribution in [0.15, 0.2) is 29.4 Å². The molecular formula is C17H25N5OS. The Morgan fingerprint density at radius 1 is 1.29 bits per heavy atom. The van der Waals surface area contributed by atoms with E-state index < -0.39 is 0 Å². The van der Waals surface area contributed by atoms with Crippen LogP contribution in [0.3, 0.4) is 0 Å². The monoisotopic (exact) mass is 347 g/mol. The van der Waals surface area contributed by atoms with Crippen molar-refractivity contribution in [1.82, 2.24) is 20.2 Å².